The highest BCUT2D eigenvalue weighted by molar-refractivity contribution is 5.96. The highest BCUT2D eigenvalue weighted by Crippen LogP contribution is 2.19. The molecule has 0 radical (unpaired) electrons. The van der Waals surface area contributed by atoms with E-state index in [2.05, 4.69) is 15.3 Å². The maximum absolute atomic E-state index is 13.2. The van der Waals surface area contributed by atoms with E-state index in [-0.39, 0.29) is 0 Å². The van der Waals surface area contributed by atoms with Crippen molar-refractivity contribution >= 4 is 22.5 Å². The van der Waals surface area contributed by atoms with Crippen LogP contribution in [0.3, 0.4) is 0 Å². The van der Waals surface area contributed by atoms with Gasteiger partial charge in [-0.3, -0.25) is 9.59 Å². The third-order valence-electron chi connectivity index (χ3n) is 4.67. The Morgan fingerprint density at radius 3 is 2.47 bits per heavy atom. The van der Waals surface area contributed by atoms with Crippen molar-refractivity contribution in [3.8, 4) is 5.88 Å². The first-order valence-corrected chi connectivity index (χ1v) is 9.18. The molecule has 150 valence electrons. The number of amides is 1. The number of hydrogen-bond donors (Lipinski definition) is 2. The maximum Gasteiger partial charge on any atom is 0.329 e. The van der Waals surface area contributed by atoms with Crippen molar-refractivity contribution in [2.24, 2.45) is 0 Å². The zero-order valence-electron chi connectivity index (χ0n) is 16.0. The molecular weight excluding hydrogens is 384 g/mol. The molecule has 2 aromatic heterocycles. The number of aromatic amines is 1. The normalized spacial score (nSPS) is 11.8. The van der Waals surface area contributed by atoms with E-state index in [1.807, 2.05) is 0 Å². The Balaban J connectivity index is 1.83. The average Bonchev–Trinajstić information content (AvgIpc) is 2.77. The summed E-state index contributed by atoms with van der Waals surface area (Å²) >= 11 is 0. The molecule has 0 saturated carbocycles. The molecule has 8 heteroatoms. The number of benzene rings is 2. The van der Waals surface area contributed by atoms with Gasteiger partial charge in [-0.15, -0.1) is 0 Å². The molecule has 0 aliphatic rings. The van der Waals surface area contributed by atoms with Crippen molar-refractivity contribution in [3.63, 3.8) is 0 Å². The SMILES string of the molecule is COc1ccc(NC(=O)C(c2ccccc2)n2c(=O)[nH]c3ccccc3c2=O)cn1. The second-order valence-electron chi connectivity index (χ2n) is 6.54. The molecule has 0 spiro atoms. The number of ether oxygens (including phenoxy) is 1. The van der Waals surface area contributed by atoms with Crippen LogP contribution in [0.25, 0.3) is 10.9 Å². The Hall–Kier alpha value is -4.20. The van der Waals surface area contributed by atoms with Crippen LogP contribution in [0.15, 0.2) is 82.5 Å². The zero-order valence-corrected chi connectivity index (χ0v) is 16.0. The molecule has 2 aromatic carbocycles. The predicted molar refractivity (Wildman–Crippen MR) is 113 cm³/mol. The van der Waals surface area contributed by atoms with Gasteiger partial charge in [0.1, 0.15) is 6.04 Å². The first-order valence-electron chi connectivity index (χ1n) is 9.18. The van der Waals surface area contributed by atoms with Crippen molar-refractivity contribution in [2.45, 2.75) is 6.04 Å². The van der Waals surface area contributed by atoms with E-state index in [4.69, 9.17) is 4.74 Å². The third kappa shape index (κ3) is 3.58. The molecule has 4 aromatic rings. The number of H-pyrrole nitrogens is 1. The Labute approximate surface area is 170 Å². The highest BCUT2D eigenvalue weighted by atomic mass is 16.5. The number of carbonyl (C=O) groups excluding carboxylic acids is 1. The largest absolute Gasteiger partial charge is 0.481 e. The predicted octanol–water partition coefficient (Wildman–Crippen LogP) is 2.32. The first kappa shape index (κ1) is 19.1. The lowest BCUT2D eigenvalue weighted by atomic mass is 10.1. The summed E-state index contributed by atoms with van der Waals surface area (Å²) < 4.78 is 5.95. The van der Waals surface area contributed by atoms with Crippen LogP contribution in [0.5, 0.6) is 5.88 Å². The number of carbonyl (C=O) groups is 1. The minimum Gasteiger partial charge on any atom is -0.481 e. The van der Waals surface area contributed by atoms with E-state index in [9.17, 15) is 14.4 Å². The van der Waals surface area contributed by atoms with Gasteiger partial charge in [0.15, 0.2) is 0 Å². The minimum atomic E-state index is -1.17. The molecule has 1 amide bonds. The summed E-state index contributed by atoms with van der Waals surface area (Å²) in [5.74, 6) is -0.147. The molecular formula is C22H18N4O4. The van der Waals surface area contributed by atoms with E-state index in [1.54, 1.807) is 66.7 Å². The summed E-state index contributed by atoms with van der Waals surface area (Å²) in [5.41, 5.74) is 0.100. The van der Waals surface area contributed by atoms with Crippen LogP contribution in [-0.4, -0.2) is 27.6 Å². The van der Waals surface area contributed by atoms with Crippen LogP contribution in [0.4, 0.5) is 5.69 Å². The Bertz CT molecular complexity index is 1310. The van der Waals surface area contributed by atoms with Crippen LogP contribution in [0, 0.1) is 0 Å². The average molecular weight is 402 g/mol. The van der Waals surface area contributed by atoms with Crippen LogP contribution < -0.4 is 21.3 Å². The van der Waals surface area contributed by atoms with Crippen LogP contribution in [-0.2, 0) is 4.79 Å². The Morgan fingerprint density at radius 1 is 1.03 bits per heavy atom. The number of nitrogens with one attached hydrogen (secondary N) is 2. The summed E-state index contributed by atoms with van der Waals surface area (Å²) in [6.07, 6.45) is 1.44. The van der Waals surface area contributed by atoms with Crippen LogP contribution >= 0.6 is 0 Å². The summed E-state index contributed by atoms with van der Waals surface area (Å²) in [6, 6.07) is 17.4. The molecule has 8 nitrogen and oxygen atoms in total. The molecule has 0 aliphatic carbocycles. The van der Waals surface area contributed by atoms with Gasteiger partial charge >= 0.3 is 5.69 Å². The molecule has 1 atom stereocenters. The van der Waals surface area contributed by atoms with Crippen LogP contribution in [0.2, 0.25) is 0 Å². The summed E-state index contributed by atoms with van der Waals surface area (Å²) in [5, 5.41) is 3.04. The number of methoxy groups -OCH3 is 1. The molecule has 30 heavy (non-hydrogen) atoms. The smallest absolute Gasteiger partial charge is 0.329 e. The van der Waals surface area contributed by atoms with E-state index in [1.165, 1.54) is 13.3 Å². The van der Waals surface area contributed by atoms with Crippen molar-refractivity contribution in [1.29, 1.82) is 0 Å². The topological polar surface area (TPSA) is 106 Å². The molecule has 2 N–H and O–H groups in total. The van der Waals surface area contributed by atoms with E-state index in [0.717, 1.165) is 4.57 Å². The monoisotopic (exact) mass is 402 g/mol. The molecule has 0 aliphatic heterocycles. The minimum absolute atomic E-state index is 0.317. The number of pyridine rings is 1. The number of hydrogen-bond acceptors (Lipinski definition) is 5. The Morgan fingerprint density at radius 2 is 1.77 bits per heavy atom. The van der Waals surface area contributed by atoms with E-state index >= 15 is 0 Å². The van der Waals surface area contributed by atoms with Gasteiger partial charge in [-0.2, -0.15) is 0 Å². The van der Waals surface area contributed by atoms with Gasteiger partial charge in [0, 0.05) is 6.07 Å². The summed E-state index contributed by atoms with van der Waals surface area (Å²) in [6.45, 7) is 0. The van der Waals surface area contributed by atoms with Gasteiger partial charge in [0.2, 0.25) is 5.88 Å². The number of fused-ring (bicyclic) bond motifs is 1. The lowest BCUT2D eigenvalue weighted by Gasteiger charge is -2.19. The molecule has 2 heterocycles. The first-order chi connectivity index (χ1) is 14.6. The Kier molecular flexibility index (Phi) is 5.13. The number of rotatable bonds is 5. The second-order valence-corrected chi connectivity index (χ2v) is 6.54. The van der Waals surface area contributed by atoms with E-state index < -0.39 is 23.2 Å². The van der Waals surface area contributed by atoms with Crippen molar-refractivity contribution in [3.05, 3.63) is 99.3 Å². The maximum atomic E-state index is 13.2. The number of para-hydroxylation sites is 1. The molecule has 0 fully saturated rings. The fraction of sp³-hybridized carbons (Fsp3) is 0.0909. The van der Waals surface area contributed by atoms with Gasteiger partial charge < -0.3 is 15.0 Å². The third-order valence-corrected chi connectivity index (χ3v) is 4.67. The summed E-state index contributed by atoms with van der Waals surface area (Å²) in [4.78, 5) is 45.9. The number of aromatic nitrogens is 3. The molecule has 1 unspecified atom stereocenters. The van der Waals surface area contributed by atoms with Crippen molar-refractivity contribution in [2.75, 3.05) is 12.4 Å². The van der Waals surface area contributed by atoms with E-state index in [0.29, 0.717) is 28.0 Å². The fourth-order valence-corrected chi connectivity index (χ4v) is 3.25. The molecule has 0 saturated heterocycles. The van der Waals surface area contributed by atoms with Gasteiger partial charge in [-0.25, -0.2) is 14.3 Å². The molecule has 4 rings (SSSR count). The fourth-order valence-electron chi connectivity index (χ4n) is 3.25. The summed E-state index contributed by atoms with van der Waals surface area (Å²) in [7, 11) is 1.49. The number of nitrogens with zero attached hydrogens (tertiary/aromatic N) is 2. The number of anilines is 1. The second kappa shape index (κ2) is 8.04. The van der Waals surface area contributed by atoms with Gasteiger partial charge in [-0.05, 0) is 23.8 Å². The zero-order chi connectivity index (χ0) is 21.1. The van der Waals surface area contributed by atoms with Gasteiger partial charge in [0.05, 0.1) is 29.9 Å². The van der Waals surface area contributed by atoms with Gasteiger partial charge in [0.25, 0.3) is 11.5 Å². The van der Waals surface area contributed by atoms with Crippen molar-refractivity contribution in [1.82, 2.24) is 14.5 Å². The quantitative estimate of drug-likeness (QED) is 0.533. The van der Waals surface area contributed by atoms with Gasteiger partial charge in [-0.1, -0.05) is 42.5 Å². The van der Waals surface area contributed by atoms with Crippen molar-refractivity contribution < 1.29 is 9.53 Å². The highest BCUT2D eigenvalue weighted by Gasteiger charge is 2.27. The van der Waals surface area contributed by atoms with Crippen LogP contribution in [0.1, 0.15) is 11.6 Å². The standard InChI is InChI=1S/C22H18N4O4/c1-30-18-12-11-15(13-23-18)24-20(27)19(14-7-3-2-4-8-14)26-21(28)16-9-5-6-10-17(16)25-22(26)29/h2-13,19H,1H3,(H,24,27)(H,25,29). The lowest BCUT2D eigenvalue weighted by molar-refractivity contribution is -0.118. The molecule has 0 bridgehead atoms. The lowest BCUT2D eigenvalue weighted by Crippen LogP contribution is -2.43.